The number of amides is 1. The maximum atomic E-state index is 12.5. The van der Waals surface area contributed by atoms with Crippen LogP contribution in [-0.2, 0) is 11.2 Å². The number of hydrogen-bond donors (Lipinski definition) is 1. The molecule has 1 atom stereocenters. The summed E-state index contributed by atoms with van der Waals surface area (Å²) in [6.45, 7) is 1.67. The summed E-state index contributed by atoms with van der Waals surface area (Å²) in [5.41, 5.74) is 2.86. The summed E-state index contributed by atoms with van der Waals surface area (Å²) < 4.78 is 0. The van der Waals surface area contributed by atoms with Crippen molar-refractivity contribution in [1.29, 1.82) is 5.26 Å². The lowest BCUT2D eigenvalue weighted by atomic mass is 10.0. The first kappa shape index (κ1) is 20.9. The van der Waals surface area contributed by atoms with Crippen LogP contribution in [0.25, 0.3) is 0 Å². The second kappa shape index (κ2) is 9.63. The lowest BCUT2D eigenvalue weighted by Crippen LogP contribution is -2.45. The zero-order valence-electron chi connectivity index (χ0n) is 17.0. The van der Waals surface area contributed by atoms with Crippen LogP contribution >= 0.6 is 11.6 Å². The van der Waals surface area contributed by atoms with Crippen molar-refractivity contribution in [3.63, 3.8) is 0 Å². The Bertz CT molecular complexity index is 1030. The molecular weight excluding hydrogens is 412 g/mol. The number of aliphatic imine (C=N–C) groups is 1. The summed E-state index contributed by atoms with van der Waals surface area (Å²) >= 11 is 6.05. The van der Waals surface area contributed by atoms with Crippen molar-refractivity contribution in [3.8, 4) is 6.19 Å². The van der Waals surface area contributed by atoms with E-state index in [-0.39, 0.29) is 11.9 Å². The number of hydrazone groups is 1. The Morgan fingerprint density at radius 1 is 1.23 bits per heavy atom. The molecule has 1 saturated heterocycles. The van der Waals surface area contributed by atoms with Gasteiger partial charge in [-0.2, -0.15) is 10.4 Å². The molecule has 2 aliphatic rings. The molecule has 8 heteroatoms. The number of hydrogen-bond acceptors (Lipinski definition) is 4. The van der Waals surface area contributed by atoms with Gasteiger partial charge in [0.2, 0.25) is 11.9 Å². The van der Waals surface area contributed by atoms with Crippen LogP contribution in [-0.4, -0.2) is 53.2 Å². The first-order valence-corrected chi connectivity index (χ1v) is 10.7. The number of nitriles is 1. The smallest absolute Gasteiger partial charge is 0.228 e. The molecule has 1 N–H and O–H groups in total. The number of halogens is 1. The first-order chi connectivity index (χ1) is 15.2. The number of rotatable bonds is 5. The number of nitrogens with one attached hydrogen (secondary N) is 1. The number of likely N-dealkylation sites (tertiary alicyclic amines) is 1. The van der Waals surface area contributed by atoms with Crippen molar-refractivity contribution < 1.29 is 4.79 Å². The Balaban J connectivity index is 1.59. The fraction of sp³-hybridized carbons (Fsp3) is 0.304. The third kappa shape index (κ3) is 4.86. The third-order valence-corrected chi connectivity index (χ3v) is 5.69. The van der Waals surface area contributed by atoms with Crippen LogP contribution < -0.4 is 5.32 Å². The Morgan fingerprint density at radius 2 is 2.00 bits per heavy atom. The van der Waals surface area contributed by atoms with E-state index < -0.39 is 0 Å². The minimum absolute atomic E-state index is 0.129. The van der Waals surface area contributed by atoms with Gasteiger partial charge in [-0.1, -0.05) is 54.1 Å². The van der Waals surface area contributed by atoms with Crippen LogP contribution in [0.3, 0.4) is 0 Å². The molecule has 2 heterocycles. The van der Waals surface area contributed by atoms with Gasteiger partial charge in [-0.05, 0) is 30.5 Å². The van der Waals surface area contributed by atoms with Gasteiger partial charge in [0.1, 0.15) is 0 Å². The van der Waals surface area contributed by atoms with E-state index in [2.05, 4.69) is 22.4 Å². The monoisotopic (exact) mass is 434 g/mol. The molecule has 1 unspecified atom stereocenters. The third-order valence-electron chi connectivity index (χ3n) is 5.43. The van der Waals surface area contributed by atoms with Gasteiger partial charge < -0.3 is 4.90 Å². The van der Waals surface area contributed by atoms with E-state index in [9.17, 15) is 10.1 Å². The number of nitrogens with zero attached hydrogens (tertiary/aromatic N) is 5. The van der Waals surface area contributed by atoms with Crippen molar-refractivity contribution in [2.75, 3.05) is 19.6 Å². The number of guanidine groups is 1. The maximum Gasteiger partial charge on any atom is 0.228 e. The normalized spacial score (nSPS) is 18.8. The summed E-state index contributed by atoms with van der Waals surface area (Å²) in [4.78, 5) is 18.9. The molecule has 158 valence electrons. The molecule has 31 heavy (non-hydrogen) atoms. The minimum Gasteiger partial charge on any atom is -0.332 e. The van der Waals surface area contributed by atoms with E-state index in [0.717, 1.165) is 24.1 Å². The van der Waals surface area contributed by atoms with E-state index in [1.165, 1.54) is 5.56 Å². The summed E-state index contributed by atoms with van der Waals surface area (Å²) in [7, 11) is 0. The van der Waals surface area contributed by atoms with Crippen LogP contribution in [0.5, 0.6) is 0 Å². The molecule has 7 nitrogen and oxygen atoms in total. The average molecular weight is 435 g/mol. The van der Waals surface area contributed by atoms with E-state index in [0.29, 0.717) is 37.0 Å². The van der Waals surface area contributed by atoms with E-state index >= 15 is 0 Å². The van der Waals surface area contributed by atoms with E-state index in [1.54, 1.807) is 5.01 Å². The van der Waals surface area contributed by atoms with Gasteiger partial charge in [0.25, 0.3) is 0 Å². The lowest BCUT2D eigenvalue weighted by molar-refractivity contribution is -0.128. The van der Waals surface area contributed by atoms with Gasteiger partial charge in [0.05, 0.1) is 18.3 Å². The Morgan fingerprint density at radius 3 is 2.68 bits per heavy atom. The van der Waals surface area contributed by atoms with Gasteiger partial charge in [0, 0.05) is 30.1 Å². The standard InChI is InChI=1S/C23H23ClN6O/c24-19-10-8-18(9-11-19)22-20(29-14-4-7-21(29)31)15-30(28-22)23(27-16-25)26-13-12-17-5-2-1-3-6-17/h1-3,5-6,8-11,20H,4,7,12-15H2,(H,26,27). The van der Waals surface area contributed by atoms with Crippen molar-refractivity contribution >= 4 is 29.2 Å². The van der Waals surface area contributed by atoms with Crippen LogP contribution in [0.2, 0.25) is 5.02 Å². The van der Waals surface area contributed by atoms with Gasteiger partial charge in [-0.3, -0.25) is 15.1 Å². The molecule has 2 aromatic rings. The fourth-order valence-corrected chi connectivity index (χ4v) is 4.03. The molecule has 0 spiro atoms. The van der Waals surface area contributed by atoms with Crippen LogP contribution in [0.4, 0.5) is 0 Å². The lowest BCUT2D eigenvalue weighted by Gasteiger charge is -2.25. The second-order valence-electron chi connectivity index (χ2n) is 7.46. The summed E-state index contributed by atoms with van der Waals surface area (Å²) in [6.07, 6.45) is 4.12. The molecule has 4 rings (SSSR count). The summed E-state index contributed by atoms with van der Waals surface area (Å²) in [6, 6.07) is 17.3. The van der Waals surface area contributed by atoms with Gasteiger partial charge in [0.15, 0.2) is 6.19 Å². The topological polar surface area (TPSA) is 84.1 Å². The molecule has 2 aromatic carbocycles. The Hall–Kier alpha value is -3.37. The summed E-state index contributed by atoms with van der Waals surface area (Å²) in [5.74, 6) is 0.517. The Labute approximate surface area is 186 Å². The van der Waals surface area contributed by atoms with Crippen molar-refractivity contribution in [2.45, 2.75) is 25.3 Å². The predicted octanol–water partition coefficient (Wildman–Crippen LogP) is 3.02. The first-order valence-electron chi connectivity index (χ1n) is 10.3. The SMILES string of the molecule is N#CNC(=NCCc1ccccc1)N1CC(N2CCCC2=O)C(c2ccc(Cl)cc2)=N1. The second-order valence-corrected chi connectivity index (χ2v) is 7.89. The quantitative estimate of drug-likeness (QED) is 0.339. The zero-order chi connectivity index (χ0) is 21.6. The molecule has 0 saturated carbocycles. The fourth-order valence-electron chi connectivity index (χ4n) is 3.91. The number of benzene rings is 2. The number of carbonyl (C=O) groups is 1. The molecule has 1 amide bonds. The van der Waals surface area contributed by atoms with Crippen LogP contribution in [0, 0.1) is 11.5 Å². The van der Waals surface area contributed by atoms with E-state index in [1.807, 2.05) is 53.6 Å². The highest BCUT2D eigenvalue weighted by Crippen LogP contribution is 2.24. The average Bonchev–Trinajstić information content (AvgIpc) is 3.40. The zero-order valence-corrected chi connectivity index (χ0v) is 17.8. The highest BCUT2D eigenvalue weighted by Gasteiger charge is 2.38. The minimum atomic E-state index is -0.198. The molecule has 1 fully saturated rings. The Kier molecular flexibility index (Phi) is 6.48. The number of carbonyl (C=O) groups excluding carboxylic acids is 1. The van der Waals surface area contributed by atoms with Gasteiger partial charge in [-0.25, -0.2) is 5.01 Å². The largest absolute Gasteiger partial charge is 0.332 e. The highest BCUT2D eigenvalue weighted by molar-refractivity contribution is 6.30. The molecule has 2 aliphatic heterocycles. The van der Waals surface area contributed by atoms with Crippen LogP contribution in [0.15, 0.2) is 64.7 Å². The van der Waals surface area contributed by atoms with E-state index in [4.69, 9.17) is 16.7 Å². The van der Waals surface area contributed by atoms with Crippen molar-refractivity contribution in [3.05, 3.63) is 70.7 Å². The predicted molar refractivity (Wildman–Crippen MR) is 121 cm³/mol. The van der Waals surface area contributed by atoms with Gasteiger partial charge in [-0.15, -0.1) is 0 Å². The molecule has 0 radical (unpaired) electrons. The van der Waals surface area contributed by atoms with Crippen molar-refractivity contribution in [2.24, 2.45) is 10.1 Å². The molecule has 0 aliphatic carbocycles. The summed E-state index contributed by atoms with van der Waals surface area (Å²) in [5, 5.41) is 19.0. The van der Waals surface area contributed by atoms with Crippen molar-refractivity contribution in [1.82, 2.24) is 15.2 Å². The van der Waals surface area contributed by atoms with Gasteiger partial charge >= 0.3 is 0 Å². The molecular formula is C23H23ClN6O. The molecule has 0 aromatic heterocycles. The maximum absolute atomic E-state index is 12.5. The van der Waals surface area contributed by atoms with Crippen LogP contribution in [0.1, 0.15) is 24.0 Å². The molecule has 0 bridgehead atoms. The highest BCUT2D eigenvalue weighted by atomic mass is 35.5.